The first-order valence-electron chi connectivity index (χ1n) is 12.4. The molecule has 8 heteroatoms. The number of benzene rings is 1. The highest BCUT2D eigenvalue weighted by molar-refractivity contribution is 5.88. The van der Waals surface area contributed by atoms with Crippen LogP contribution < -0.4 is 9.47 Å². The van der Waals surface area contributed by atoms with Crippen LogP contribution in [0.15, 0.2) is 24.3 Å². The number of likely N-dealkylation sites (tertiary alicyclic amines) is 1. The average molecular weight is 496 g/mol. The molecule has 4 aliphatic rings. The summed E-state index contributed by atoms with van der Waals surface area (Å²) in [5.74, 6) is -0.288. The van der Waals surface area contributed by atoms with Crippen LogP contribution in [0.25, 0.3) is 6.08 Å². The van der Waals surface area contributed by atoms with Gasteiger partial charge in [-0.05, 0) is 76.6 Å². The first-order chi connectivity index (χ1) is 16.9. The Balaban J connectivity index is 1.68. The largest absolute Gasteiger partial charge is 0.481 e. The van der Waals surface area contributed by atoms with Gasteiger partial charge >= 0.3 is 17.9 Å². The lowest BCUT2D eigenvalue weighted by Crippen LogP contribution is -2.65. The molecule has 5 rings (SSSR count). The van der Waals surface area contributed by atoms with Gasteiger partial charge in [-0.2, -0.15) is 0 Å². The van der Waals surface area contributed by atoms with E-state index in [0.29, 0.717) is 11.5 Å². The van der Waals surface area contributed by atoms with Gasteiger partial charge in [0.2, 0.25) is 0 Å². The van der Waals surface area contributed by atoms with Crippen molar-refractivity contribution in [2.24, 2.45) is 5.92 Å². The van der Waals surface area contributed by atoms with Gasteiger partial charge in [-0.25, -0.2) is 4.79 Å². The third-order valence-corrected chi connectivity index (χ3v) is 7.64. The number of piperidine rings is 1. The number of carbonyl (C=O) groups excluding carboxylic acids is 3. The molecule has 0 aromatic heterocycles. The topological polar surface area (TPSA) is 91.4 Å². The van der Waals surface area contributed by atoms with Gasteiger partial charge in [0.1, 0.15) is 11.7 Å². The summed E-state index contributed by atoms with van der Waals surface area (Å²) in [7, 11) is 2.13. The van der Waals surface area contributed by atoms with Crippen molar-refractivity contribution in [3.05, 3.63) is 41.0 Å². The molecule has 1 aromatic carbocycles. The van der Waals surface area contributed by atoms with Crippen molar-refractivity contribution in [2.75, 3.05) is 13.6 Å². The maximum atomic E-state index is 12.5. The molecule has 1 unspecified atom stereocenters. The SMILES string of the molecule is CC(=O)Oc1cc(/C=C/C(=O)OC(C)(C)C)c2c3c1O[C@H]1[C@@H](OC(C)=O)C=CC4[C@@H](C2)N(C)CC[C@@]341. The van der Waals surface area contributed by atoms with E-state index in [1.165, 1.54) is 19.9 Å². The first-order valence-corrected chi connectivity index (χ1v) is 12.4. The molecule has 1 spiro atoms. The summed E-state index contributed by atoms with van der Waals surface area (Å²) in [5.41, 5.74) is 1.82. The molecule has 2 aliphatic carbocycles. The van der Waals surface area contributed by atoms with Gasteiger partial charge in [0.25, 0.3) is 0 Å². The molecule has 0 N–H and O–H groups in total. The number of carbonyl (C=O) groups is 3. The molecular weight excluding hydrogens is 462 g/mol. The Morgan fingerprint density at radius 3 is 2.58 bits per heavy atom. The second kappa shape index (κ2) is 8.47. The van der Waals surface area contributed by atoms with E-state index in [9.17, 15) is 14.4 Å². The van der Waals surface area contributed by atoms with Crippen LogP contribution in [0.5, 0.6) is 11.5 Å². The fourth-order valence-corrected chi connectivity index (χ4v) is 6.48. The smallest absolute Gasteiger partial charge is 0.331 e. The van der Waals surface area contributed by atoms with Crippen LogP contribution in [0.3, 0.4) is 0 Å². The predicted molar refractivity (Wildman–Crippen MR) is 132 cm³/mol. The van der Waals surface area contributed by atoms with Gasteiger partial charge in [-0.1, -0.05) is 6.08 Å². The van der Waals surface area contributed by atoms with E-state index >= 15 is 0 Å². The molecule has 2 bridgehead atoms. The van der Waals surface area contributed by atoms with Gasteiger partial charge in [-0.15, -0.1) is 0 Å². The second-order valence-electron chi connectivity index (χ2n) is 11.2. The zero-order valence-corrected chi connectivity index (χ0v) is 21.6. The quantitative estimate of drug-likeness (QED) is 0.272. The molecule has 192 valence electrons. The normalized spacial score (nSPS) is 29.9. The number of ether oxygens (including phenoxy) is 4. The van der Waals surface area contributed by atoms with Gasteiger partial charge in [0.05, 0.1) is 0 Å². The minimum absolute atomic E-state index is 0.150. The summed E-state index contributed by atoms with van der Waals surface area (Å²) < 4.78 is 23.3. The van der Waals surface area contributed by atoms with Crippen LogP contribution in [0.4, 0.5) is 0 Å². The summed E-state index contributed by atoms with van der Waals surface area (Å²) in [5, 5.41) is 0. The van der Waals surface area contributed by atoms with Gasteiger partial charge in [0.15, 0.2) is 17.6 Å². The van der Waals surface area contributed by atoms with Crippen LogP contribution >= 0.6 is 0 Å². The highest BCUT2D eigenvalue weighted by atomic mass is 16.6. The van der Waals surface area contributed by atoms with E-state index in [-0.39, 0.29) is 17.9 Å². The van der Waals surface area contributed by atoms with Crippen molar-refractivity contribution < 1.29 is 33.3 Å². The Bertz CT molecular complexity index is 1190. The minimum Gasteiger partial charge on any atom is -0.481 e. The number of nitrogens with zero attached hydrogens (tertiary/aromatic N) is 1. The van der Waals surface area contributed by atoms with E-state index in [0.717, 1.165) is 36.1 Å². The monoisotopic (exact) mass is 495 g/mol. The molecule has 1 aromatic rings. The van der Waals surface area contributed by atoms with E-state index in [2.05, 4.69) is 18.0 Å². The zero-order valence-electron chi connectivity index (χ0n) is 21.6. The average Bonchev–Trinajstić information content (AvgIpc) is 3.10. The fraction of sp³-hybridized carbons (Fsp3) is 0.536. The summed E-state index contributed by atoms with van der Waals surface area (Å²) in [4.78, 5) is 38.8. The maximum absolute atomic E-state index is 12.5. The number of likely N-dealkylation sites (N-methyl/N-ethyl adjacent to an activating group) is 1. The van der Waals surface area contributed by atoms with Crippen molar-refractivity contribution >= 4 is 24.0 Å². The number of rotatable bonds is 4. The van der Waals surface area contributed by atoms with Crippen molar-refractivity contribution in [1.82, 2.24) is 4.90 Å². The molecule has 0 amide bonds. The summed E-state index contributed by atoms with van der Waals surface area (Å²) >= 11 is 0. The Kier molecular flexibility index (Phi) is 5.78. The molecular formula is C28H33NO7. The highest BCUT2D eigenvalue weighted by Crippen LogP contribution is 2.63. The lowest BCUT2D eigenvalue weighted by Gasteiger charge is -2.56. The van der Waals surface area contributed by atoms with E-state index in [1.807, 2.05) is 26.8 Å². The van der Waals surface area contributed by atoms with Crippen LogP contribution in [-0.4, -0.2) is 60.3 Å². The van der Waals surface area contributed by atoms with E-state index < -0.39 is 35.2 Å². The molecule has 36 heavy (non-hydrogen) atoms. The molecule has 2 heterocycles. The van der Waals surface area contributed by atoms with E-state index in [1.54, 1.807) is 12.1 Å². The summed E-state index contributed by atoms with van der Waals surface area (Å²) in [6, 6.07) is 1.97. The molecule has 0 radical (unpaired) electrons. The summed E-state index contributed by atoms with van der Waals surface area (Å²) in [6.07, 6.45) is 7.83. The van der Waals surface area contributed by atoms with Crippen molar-refractivity contribution in [3.63, 3.8) is 0 Å². The van der Waals surface area contributed by atoms with Crippen molar-refractivity contribution in [3.8, 4) is 11.5 Å². The maximum Gasteiger partial charge on any atom is 0.331 e. The van der Waals surface area contributed by atoms with Crippen LogP contribution in [0, 0.1) is 5.92 Å². The highest BCUT2D eigenvalue weighted by Gasteiger charge is 2.65. The van der Waals surface area contributed by atoms with Crippen LogP contribution in [0.2, 0.25) is 0 Å². The van der Waals surface area contributed by atoms with Gasteiger partial charge < -0.3 is 23.8 Å². The zero-order chi connectivity index (χ0) is 26.0. The van der Waals surface area contributed by atoms with Gasteiger partial charge in [-0.3, -0.25) is 9.59 Å². The lowest BCUT2D eigenvalue weighted by atomic mass is 9.53. The van der Waals surface area contributed by atoms with Crippen molar-refractivity contribution in [2.45, 2.75) is 76.7 Å². The third-order valence-electron chi connectivity index (χ3n) is 7.64. The lowest BCUT2D eigenvalue weighted by molar-refractivity contribution is -0.152. The second-order valence-corrected chi connectivity index (χ2v) is 11.2. The Labute approximate surface area is 211 Å². The molecule has 1 fully saturated rings. The standard InChI is InChI=1S/C28H33NO7/c1-15(30)33-21-9-8-19-20-14-18-17(7-10-23(32)36-27(3,4)5)13-22(34-16(2)31)25-24(18)28(19,26(21)35-25)11-12-29(20)6/h7-10,13,19-21,26H,11-12,14H2,1-6H3/b10-7+/t19?,20-,21+,26+,28+/m1/s1. The number of hydrogen-bond acceptors (Lipinski definition) is 8. The molecule has 2 aliphatic heterocycles. The molecule has 1 saturated heterocycles. The predicted octanol–water partition coefficient (Wildman–Crippen LogP) is 3.34. The first kappa shape index (κ1) is 24.6. The minimum atomic E-state index is -0.607. The number of esters is 3. The molecule has 5 atom stereocenters. The van der Waals surface area contributed by atoms with Gasteiger partial charge in [0, 0.05) is 42.9 Å². The van der Waals surface area contributed by atoms with Crippen LogP contribution in [-0.2, 0) is 35.7 Å². The Morgan fingerprint density at radius 1 is 1.17 bits per heavy atom. The number of hydrogen-bond donors (Lipinski definition) is 0. The van der Waals surface area contributed by atoms with E-state index in [4.69, 9.17) is 18.9 Å². The molecule has 0 saturated carbocycles. The van der Waals surface area contributed by atoms with Crippen molar-refractivity contribution in [1.29, 1.82) is 0 Å². The molecule has 8 nitrogen and oxygen atoms in total. The Hall–Kier alpha value is -3.13. The van der Waals surface area contributed by atoms with Crippen LogP contribution in [0.1, 0.15) is 57.7 Å². The fourth-order valence-electron chi connectivity index (χ4n) is 6.48. The third kappa shape index (κ3) is 3.92. The summed E-state index contributed by atoms with van der Waals surface area (Å²) in [6.45, 7) is 9.07. The Morgan fingerprint density at radius 2 is 1.92 bits per heavy atom.